The van der Waals surface area contributed by atoms with Crippen molar-refractivity contribution in [1.82, 2.24) is 15.1 Å². The summed E-state index contributed by atoms with van der Waals surface area (Å²) in [6.45, 7) is 8.28. The molecule has 19 heavy (non-hydrogen) atoms. The number of likely N-dealkylation sites (N-methyl/N-ethyl adjacent to an activating group) is 2. The summed E-state index contributed by atoms with van der Waals surface area (Å²) in [5.41, 5.74) is 0. The van der Waals surface area contributed by atoms with E-state index >= 15 is 0 Å². The molecular formula is C16H35N3. The first-order valence-electron chi connectivity index (χ1n) is 8.10. The minimum Gasteiger partial charge on any atom is -0.315 e. The van der Waals surface area contributed by atoms with Crippen LogP contribution in [0.15, 0.2) is 0 Å². The van der Waals surface area contributed by atoms with Crippen LogP contribution in [0.2, 0.25) is 0 Å². The molecule has 0 aromatic rings. The van der Waals surface area contributed by atoms with Crippen LogP contribution in [0.5, 0.6) is 0 Å². The van der Waals surface area contributed by atoms with Crippen LogP contribution in [0.4, 0.5) is 0 Å². The van der Waals surface area contributed by atoms with Gasteiger partial charge in [-0.15, -0.1) is 0 Å². The zero-order chi connectivity index (χ0) is 14.3. The number of hydrogen-bond donors (Lipinski definition) is 1. The normalized spacial score (nSPS) is 25.3. The fourth-order valence-corrected chi connectivity index (χ4v) is 3.25. The topological polar surface area (TPSA) is 18.5 Å². The highest BCUT2D eigenvalue weighted by molar-refractivity contribution is 4.86. The molecule has 2 unspecified atom stereocenters. The minimum atomic E-state index is 0.684. The van der Waals surface area contributed by atoms with Crippen LogP contribution in [-0.2, 0) is 0 Å². The summed E-state index contributed by atoms with van der Waals surface area (Å²) in [7, 11) is 6.49. The second kappa shape index (κ2) is 8.93. The molecule has 1 rings (SSSR count). The van der Waals surface area contributed by atoms with E-state index in [9.17, 15) is 0 Å². The van der Waals surface area contributed by atoms with Crippen LogP contribution in [0.25, 0.3) is 0 Å². The first-order chi connectivity index (χ1) is 9.04. The molecule has 1 aliphatic carbocycles. The van der Waals surface area contributed by atoms with E-state index in [2.05, 4.69) is 50.1 Å². The van der Waals surface area contributed by atoms with Crippen LogP contribution in [-0.4, -0.2) is 62.7 Å². The Labute approximate surface area is 120 Å². The predicted octanol–water partition coefficient (Wildman–Crippen LogP) is 2.43. The number of rotatable bonds is 7. The smallest absolute Gasteiger partial charge is 0.0249 e. The molecule has 3 nitrogen and oxygen atoms in total. The van der Waals surface area contributed by atoms with Gasteiger partial charge in [-0.1, -0.05) is 33.1 Å². The minimum absolute atomic E-state index is 0.684. The summed E-state index contributed by atoms with van der Waals surface area (Å²) < 4.78 is 0. The summed E-state index contributed by atoms with van der Waals surface area (Å²) in [5, 5.41) is 3.58. The lowest BCUT2D eigenvalue weighted by molar-refractivity contribution is 0.125. The Morgan fingerprint density at radius 3 is 2.32 bits per heavy atom. The summed E-state index contributed by atoms with van der Waals surface area (Å²) in [6, 6.07) is 1.42. The Morgan fingerprint density at radius 2 is 1.74 bits per heavy atom. The van der Waals surface area contributed by atoms with Crippen molar-refractivity contribution in [3.63, 3.8) is 0 Å². The van der Waals surface area contributed by atoms with Crippen LogP contribution < -0.4 is 5.32 Å². The van der Waals surface area contributed by atoms with Crippen molar-refractivity contribution in [3.05, 3.63) is 0 Å². The van der Waals surface area contributed by atoms with Gasteiger partial charge in [-0.2, -0.15) is 0 Å². The maximum absolute atomic E-state index is 3.58. The Balaban J connectivity index is 2.67. The summed E-state index contributed by atoms with van der Waals surface area (Å²) >= 11 is 0. The van der Waals surface area contributed by atoms with Crippen LogP contribution in [0, 0.1) is 5.92 Å². The lowest BCUT2D eigenvalue weighted by Crippen LogP contribution is -2.51. The van der Waals surface area contributed by atoms with Gasteiger partial charge in [0, 0.05) is 31.7 Å². The third-order valence-electron chi connectivity index (χ3n) is 4.25. The zero-order valence-corrected chi connectivity index (χ0v) is 13.8. The van der Waals surface area contributed by atoms with Gasteiger partial charge >= 0.3 is 0 Å². The van der Waals surface area contributed by atoms with Crippen molar-refractivity contribution in [3.8, 4) is 0 Å². The Bertz CT molecular complexity index is 228. The van der Waals surface area contributed by atoms with Gasteiger partial charge in [0.2, 0.25) is 0 Å². The van der Waals surface area contributed by atoms with Crippen molar-refractivity contribution in [2.75, 3.05) is 40.8 Å². The monoisotopic (exact) mass is 269 g/mol. The van der Waals surface area contributed by atoms with Gasteiger partial charge in [0.15, 0.2) is 0 Å². The number of hydrogen-bond acceptors (Lipinski definition) is 3. The standard InChI is InChI=1S/C16H35N3/c1-14(2)13-19(12-11-18(4)5)16-10-8-6-7-9-15(16)17-3/h14-17H,6-13H2,1-5H3. The molecule has 0 amide bonds. The van der Waals surface area contributed by atoms with E-state index < -0.39 is 0 Å². The fourth-order valence-electron chi connectivity index (χ4n) is 3.25. The van der Waals surface area contributed by atoms with Crippen molar-refractivity contribution < 1.29 is 0 Å². The van der Waals surface area contributed by atoms with Crippen LogP contribution in [0.1, 0.15) is 46.0 Å². The van der Waals surface area contributed by atoms with Gasteiger partial charge in [0.1, 0.15) is 0 Å². The van der Waals surface area contributed by atoms with E-state index in [-0.39, 0.29) is 0 Å². The van der Waals surface area contributed by atoms with E-state index in [1.807, 2.05) is 0 Å². The van der Waals surface area contributed by atoms with Crippen molar-refractivity contribution in [1.29, 1.82) is 0 Å². The predicted molar refractivity (Wildman–Crippen MR) is 84.7 cm³/mol. The molecule has 1 fully saturated rings. The second-order valence-corrected chi connectivity index (χ2v) is 6.79. The van der Waals surface area contributed by atoms with Crippen molar-refractivity contribution in [2.45, 2.75) is 58.0 Å². The molecule has 1 saturated carbocycles. The Hall–Kier alpha value is -0.120. The summed E-state index contributed by atoms with van der Waals surface area (Å²) in [6.07, 6.45) is 6.92. The lowest BCUT2D eigenvalue weighted by Gasteiger charge is -2.38. The molecule has 0 radical (unpaired) electrons. The maximum Gasteiger partial charge on any atom is 0.0249 e. The number of nitrogens with one attached hydrogen (secondary N) is 1. The first kappa shape index (κ1) is 16.9. The molecule has 0 aliphatic heterocycles. The molecular weight excluding hydrogens is 234 g/mol. The molecule has 0 aromatic carbocycles. The SMILES string of the molecule is CNC1CCCCCC1N(CCN(C)C)CC(C)C. The van der Waals surface area contributed by atoms with Gasteiger partial charge in [-0.05, 0) is 39.9 Å². The van der Waals surface area contributed by atoms with Crippen molar-refractivity contribution >= 4 is 0 Å². The highest BCUT2D eigenvalue weighted by atomic mass is 15.2. The van der Waals surface area contributed by atoms with E-state index in [4.69, 9.17) is 0 Å². The average molecular weight is 269 g/mol. The molecule has 0 spiro atoms. The van der Waals surface area contributed by atoms with Crippen LogP contribution in [0.3, 0.4) is 0 Å². The fraction of sp³-hybridized carbons (Fsp3) is 1.00. The molecule has 2 atom stereocenters. The molecule has 0 aromatic heterocycles. The molecule has 0 bridgehead atoms. The molecule has 114 valence electrons. The van der Waals surface area contributed by atoms with Gasteiger partial charge in [0.05, 0.1) is 0 Å². The molecule has 0 saturated heterocycles. The second-order valence-electron chi connectivity index (χ2n) is 6.79. The largest absolute Gasteiger partial charge is 0.315 e. The van der Waals surface area contributed by atoms with Gasteiger partial charge in [-0.3, -0.25) is 4.90 Å². The van der Waals surface area contributed by atoms with Gasteiger partial charge in [-0.25, -0.2) is 0 Å². The summed E-state index contributed by atoms with van der Waals surface area (Å²) in [5.74, 6) is 0.753. The van der Waals surface area contributed by atoms with Gasteiger partial charge < -0.3 is 10.2 Å². The number of nitrogens with zero attached hydrogens (tertiary/aromatic N) is 2. The van der Waals surface area contributed by atoms with Gasteiger partial charge in [0.25, 0.3) is 0 Å². The van der Waals surface area contributed by atoms with E-state index in [0.717, 1.165) is 12.0 Å². The highest BCUT2D eigenvalue weighted by Crippen LogP contribution is 2.23. The summed E-state index contributed by atoms with van der Waals surface area (Å²) in [4.78, 5) is 5.05. The Kier molecular flexibility index (Phi) is 7.96. The third kappa shape index (κ3) is 6.24. The molecule has 3 heteroatoms. The zero-order valence-electron chi connectivity index (χ0n) is 13.8. The average Bonchev–Trinajstić information content (AvgIpc) is 2.58. The molecule has 1 aliphatic rings. The van der Waals surface area contributed by atoms with E-state index in [1.54, 1.807) is 0 Å². The maximum atomic E-state index is 3.58. The lowest BCUT2D eigenvalue weighted by atomic mass is 10.00. The first-order valence-corrected chi connectivity index (χ1v) is 8.10. The quantitative estimate of drug-likeness (QED) is 0.716. The third-order valence-corrected chi connectivity index (χ3v) is 4.25. The Morgan fingerprint density at radius 1 is 1.05 bits per heavy atom. The van der Waals surface area contributed by atoms with E-state index in [1.165, 1.54) is 51.7 Å². The molecule has 0 heterocycles. The van der Waals surface area contributed by atoms with Crippen LogP contribution >= 0.6 is 0 Å². The van der Waals surface area contributed by atoms with E-state index in [0.29, 0.717) is 6.04 Å². The van der Waals surface area contributed by atoms with Crippen molar-refractivity contribution in [2.24, 2.45) is 5.92 Å². The molecule has 1 N–H and O–H groups in total. The highest BCUT2D eigenvalue weighted by Gasteiger charge is 2.28.